The van der Waals surface area contributed by atoms with Gasteiger partial charge in [0.2, 0.25) is 0 Å². The summed E-state index contributed by atoms with van der Waals surface area (Å²) >= 11 is 0. The molecule has 0 spiro atoms. The first kappa shape index (κ1) is 17.2. The van der Waals surface area contributed by atoms with Crippen molar-refractivity contribution in [3.05, 3.63) is 29.8 Å². The minimum absolute atomic E-state index is 0.0110. The molecule has 2 aliphatic rings. The van der Waals surface area contributed by atoms with Crippen LogP contribution in [0.5, 0.6) is 0 Å². The molecule has 2 atom stereocenters. The molecular weight excluding hydrogens is 304 g/mol. The van der Waals surface area contributed by atoms with Crippen molar-refractivity contribution in [2.45, 2.75) is 44.8 Å². The lowest BCUT2D eigenvalue weighted by Gasteiger charge is -2.30. The maximum atomic E-state index is 12.7. The van der Waals surface area contributed by atoms with Crippen LogP contribution >= 0.6 is 0 Å². The molecule has 1 amide bonds. The normalized spacial score (nSPS) is 22.4. The van der Waals surface area contributed by atoms with E-state index in [4.69, 9.17) is 9.47 Å². The highest BCUT2D eigenvalue weighted by molar-refractivity contribution is 6.00. The second kappa shape index (κ2) is 8.49. The quantitative estimate of drug-likeness (QED) is 0.870. The number of anilines is 1. The highest BCUT2D eigenvalue weighted by Gasteiger charge is 2.20. The summed E-state index contributed by atoms with van der Waals surface area (Å²) in [4.78, 5) is 14.9. The van der Waals surface area contributed by atoms with Gasteiger partial charge in [-0.05, 0) is 44.7 Å². The van der Waals surface area contributed by atoms with E-state index in [0.717, 1.165) is 50.2 Å². The number of amides is 1. The van der Waals surface area contributed by atoms with Gasteiger partial charge in [0.15, 0.2) is 0 Å². The van der Waals surface area contributed by atoms with Gasteiger partial charge in [0, 0.05) is 31.4 Å². The highest BCUT2D eigenvalue weighted by atomic mass is 16.5. The lowest BCUT2D eigenvalue weighted by Crippen LogP contribution is -2.39. The van der Waals surface area contributed by atoms with Gasteiger partial charge in [-0.3, -0.25) is 4.79 Å². The summed E-state index contributed by atoms with van der Waals surface area (Å²) in [7, 11) is 0. The lowest BCUT2D eigenvalue weighted by atomic mass is 10.1. The number of nitrogens with zero attached hydrogens (tertiary/aromatic N) is 1. The second-order valence-electron chi connectivity index (χ2n) is 6.70. The molecule has 0 bridgehead atoms. The summed E-state index contributed by atoms with van der Waals surface area (Å²) in [5.74, 6) is 0.0110. The van der Waals surface area contributed by atoms with Gasteiger partial charge in [0.25, 0.3) is 5.91 Å². The predicted octanol–water partition coefficient (Wildman–Crippen LogP) is 2.60. The minimum Gasteiger partial charge on any atom is -0.378 e. The van der Waals surface area contributed by atoms with Crippen molar-refractivity contribution in [2.24, 2.45) is 0 Å². The molecule has 5 heteroatoms. The van der Waals surface area contributed by atoms with E-state index in [1.807, 2.05) is 24.3 Å². The average molecular weight is 332 g/mol. The first-order valence-corrected chi connectivity index (χ1v) is 9.08. The SMILES string of the molecule is CC(CCC1CCCO1)NC(=O)c1ccccc1N1CCOCC1. The minimum atomic E-state index is 0.0110. The molecule has 1 N–H and O–H groups in total. The lowest BCUT2D eigenvalue weighted by molar-refractivity contribution is 0.0898. The van der Waals surface area contributed by atoms with Crippen molar-refractivity contribution in [3.8, 4) is 0 Å². The molecular formula is C19H28N2O3. The smallest absolute Gasteiger partial charge is 0.253 e. The van der Waals surface area contributed by atoms with Crippen LogP contribution in [0.1, 0.15) is 43.0 Å². The molecule has 0 radical (unpaired) electrons. The number of hydrogen-bond acceptors (Lipinski definition) is 4. The van der Waals surface area contributed by atoms with E-state index in [1.54, 1.807) is 0 Å². The summed E-state index contributed by atoms with van der Waals surface area (Å²) in [5, 5.41) is 3.15. The molecule has 2 aliphatic heterocycles. The maximum absolute atomic E-state index is 12.7. The second-order valence-corrected chi connectivity index (χ2v) is 6.70. The van der Waals surface area contributed by atoms with E-state index in [9.17, 15) is 4.79 Å². The first-order valence-electron chi connectivity index (χ1n) is 9.08. The molecule has 2 heterocycles. The number of rotatable bonds is 6. The van der Waals surface area contributed by atoms with Crippen molar-refractivity contribution in [2.75, 3.05) is 37.8 Å². The van der Waals surface area contributed by atoms with Gasteiger partial charge >= 0.3 is 0 Å². The fourth-order valence-corrected chi connectivity index (χ4v) is 3.43. The third-order valence-electron chi connectivity index (χ3n) is 4.82. The van der Waals surface area contributed by atoms with Crippen LogP contribution in [0.3, 0.4) is 0 Å². The van der Waals surface area contributed by atoms with Gasteiger partial charge in [-0.1, -0.05) is 12.1 Å². The molecule has 0 aliphatic carbocycles. The third-order valence-corrected chi connectivity index (χ3v) is 4.82. The Labute approximate surface area is 144 Å². The van der Waals surface area contributed by atoms with E-state index < -0.39 is 0 Å². The Bertz CT molecular complexity index is 537. The van der Waals surface area contributed by atoms with E-state index in [-0.39, 0.29) is 11.9 Å². The summed E-state index contributed by atoms with van der Waals surface area (Å²) in [6, 6.07) is 8.00. The van der Waals surface area contributed by atoms with Crippen LogP contribution in [0, 0.1) is 0 Å². The van der Waals surface area contributed by atoms with Gasteiger partial charge in [-0.2, -0.15) is 0 Å². The van der Waals surface area contributed by atoms with Crippen LogP contribution in [-0.2, 0) is 9.47 Å². The van der Waals surface area contributed by atoms with Crippen LogP contribution < -0.4 is 10.2 Å². The number of hydrogen-bond donors (Lipinski definition) is 1. The summed E-state index contributed by atoms with van der Waals surface area (Å²) < 4.78 is 11.1. The van der Waals surface area contributed by atoms with Crippen LogP contribution in [0.4, 0.5) is 5.69 Å². The van der Waals surface area contributed by atoms with Gasteiger partial charge in [0.05, 0.1) is 24.9 Å². The molecule has 1 aromatic carbocycles. The number of carbonyl (C=O) groups excluding carboxylic acids is 1. The first-order chi connectivity index (χ1) is 11.7. The van der Waals surface area contributed by atoms with Gasteiger partial charge in [0.1, 0.15) is 0 Å². The molecule has 3 rings (SSSR count). The predicted molar refractivity (Wildman–Crippen MR) is 94.6 cm³/mol. The molecule has 1 aromatic rings. The number of carbonyl (C=O) groups is 1. The monoisotopic (exact) mass is 332 g/mol. The molecule has 5 nitrogen and oxygen atoms in total. The molecule has 0 aromatic heterocycles. The molecule has 2 saturated heterocycles. The Kier molecular flexibility index (Phi) is 6.10. The molecule has 132 valence electrons. The fraction of sp³-hybridized carbons (Fsp3) is 0.632. The fourth-order valence-electron chi connectivity index (χ4n) is 3.43. The summed E-state index contributed by atoms with van der Waals surface area (Å²) in [6.45, 7) is 6.06. The van der Waals surface area contributed by atoms with Crippen molar-refractivity contribution in [1.29, 1.82) is 0 Å². The van der Waals surface area contributed by atoms with Crippen molar-refractivity contribution >= 4 is 11.6 Å². The van der Waals surface area contributed by atoms with Gasteiger partial charge in [-0.25, -0.2) is 0 Å². The Balaban J connectivity index is 1.57. The van der Waals surface area contributed by atoms with Gasteiger partial charge in [-0.15, -0.1) is 0 Å². The zero-order chi connectivity index (χ0) is 16.8. The summed E-state index contributed by atoms with van der Waals surface area (Å²) in [6.07, 6.45) is 4.67. The van der Waals surface area contributed by atoms with E-state index in [2.05, 4.69) is 17.1 Å². The van der Waals surface area contributed by atoms with Crippen LogP contribution in [0.25, 0.3) is 0 Å². The topological polar surface area (TPSA) is 50.8 Å². The van der Waals surface area contributed by atoms with Crippen molar-refractivity contribution in [3.63, 3.8) is 0 Å². The van der Waals surface area contributed by atoms with E-state index >= 15 is 0 Å². The average Bonchev–Trinajstić information content (AvgIpc) is 3.14. The Morgan fingerprint density at radius 2 is 2.08 bits per heavy atom. The third kappa shape index (κ3) is 4.48. The van der Waals surface area contributed by atoms with Crippen LogP contribution in [0.15, 0.2) is 24.3 Å². The van der Waals surface area contributed by atoms with Crippen molar-refractivity contribution in [1.82, 2.24) is 5.32 Å². The standard InChI is InChI=1S/C19H28N2O3/c1-15(8-9-16-5-4-12-24-16)20-19(22)17-6-2-3-7-18(17)21-10-13-23-14-11-21/h2-3,6-7,15-16H,4-5,8-14H2,1H3,(H,20,22). The van der Waals surface area contributed by atoms with E-state index in [1.165, 1.54) is 6.42 Å². The molecule has 2 fully saturated rings. The molecule has 0 saturated carbocycles. The number of morpholine rings is 1. The van der Waals surface area contributed by atoms with Crippen LogP contribution in [0.2, 0.25) is 0 Å². The van der Waals surface area contributed by atoms with E-state index in [0.29, 0.717) is 19.3 Å². The Morgan fingerprint density at radius 1 is 1.29 bits per heavy atom. The van der Waals surface area contributed by atoms with Crippen LogP contribution in [-0.4, -0.2) is 51.0 Å². The molecule has 2 unspecified atom stereocenters. The molecule has 24 heavy (non-hydrogen) atoms. The Hall–Kier alpha value is -1.59. The number of ether oxygens (including phenoxy) is 2. The Morgan fingerprint density at radius 3 is 2.83 bits per heavy atom. The highest BCUT2D eigenvalue weighted by Crippen LogP contribution is 2.22. The largest absolute Gasteiger partial charge is 0.378 e. The number of benzene rings is 1. The zero-order valence-corrected chi connectivity index (χ0v) is 14.5. The maximum Gasteiger partial charge on any atom is 0.253 e. The number of para-hydroxylation sites is 1. The van der Waals surface area contributed by atoms with Crippen molar-refractivity contribution < 1.29 is 14.3 Å². The summed E-state index contributed by atoms with van der Waals surface area (Å²) in [5.41, 5.74) is 1.76. The number of nitrogens with one attached hydrogen (secondary N) is 1. The zero-order valence-electron chi connectivity index (χ0n) is 14.5. The van der Waals surface area contributed by atoms with Gasteiger partial charge < -0.3 is 19.7 Å².